The highest BCUT2D eigenvalue weighted by Crippen LogP contribution is 2.11. The lowest BCUT2D eigenvalue weighted by Gasteiger charge is -2.20. The number of rotatable bonds is 7. The molecule has 152 valence electrons. The quantitative estimate of drug-likeness (QED) is 0.524. The van der Waals surface area contributed by atoms with Crippen molar-refractivity contribution in [3.05, 3.63) is 41.5 Å². The maximum absolute atomic E-state index is 12.3. The number of nitrogens with zero attached hydrogens (tertiary/aromatic N) is 1. The van der Waals surface area contributed by atoms with Crippen molar-refractivity contribution in [1.29, 1.82) is 0 Å². The van der Waals surface area contributed by atoms with E-state index in [4.69, 9.17) is 0 Å². The second-order valence-corrected chi connectivity index (χ2v) is 8.70. The Balaban J connectivity index is 1.90. The molecule has 1 aliphatic heterocycles. The van der Waals surface area contributed by atoms with Crippen LogP contribution in [0, 0.1) is 0 Å². The van der Waals surface area contributed by atoms with E-state index in [1.54, 1.807) is 37.3 Å². The Bertz CT molecular complexity index is 861. The molecule has 1 aliphatic rings. The van der Waals surface area contributed by atoms with Gasteiger partial charge in [-0.15, -0.1) is 0 Å². The molecule has 0 aliphatic carbocycles. The number of ether oxygens (including phenoxy) is 1. The third-order valence-corrected chi connectivity index (χ3v) is 6.14. The standard InChI is InChI=1S/C19H24N2O6S/c1-3-21(12-17(22)20-16-10-11-28(25,26)13-16)18(23)9-6-14-4-7-15(8-5-14)19(24)27-2/h4-9,16H,3,10-13H2,1-2H3,(H,20,22)/b9-6+/t16-/m0/s1. The first kappa shape index (κ1) is 21.6. The van der Waals surface area contributed by atoms with E-state index in [9.17, 15) is 22.8 Å². The third-order valence-electron chi connectivity index (χ3n) is 4.38. The molecule has 0 unspecified atom stereocenters. The summed E-state index contributed by atoms with van der Waals surface area (Å²) in [4.78, 5) is 37.2. The van der Waals surface area contributed by atoms with Crippen molar-refractivity contribution in [2.24, 2.45) is 0 Å². The Morgan fingerprint density at radius 2 is 1.93 bits per heavy atom. The molecule has 0 aromatic heterocycles. The van der Waals surface area contributed by atoms with Crippen LogP contribution in [0.15, 0.2) is 30.3 Å². The molecular weight excluding hydrogens is 384 g/mol. The van der Waals surface area contributed by atoms with Crippen LogP contribution >= 0.6 is 0 Å². The summed E-state index contributed by atoms with van der Waals surface area (Å²) in [5, 5.41) is 2.67. The number of hydrogen-bond acceptors (Lipinski definition) is 6. The van der Waals surface area contributed by atoms with Gasteiger partial charge in [-0.2, -0.15) is 0 Å². The van der Waals surface area contributed by atoms with Crippen LogP contribution in [0.3, 0.4) is 0 Å². The normalized spacial score (nSPS) is 18.0. The largest absolute Gasteiger partial charge is 0.465 e. The number of carbonyl (C=O) groups excluding carboxylic acids is 3. The highest BCUT2D eigenvalue weighted by atomic mass is 32.2. The minimum Gasteiger partial charge on any atom is -0.465 e. The Labute approximate surface area is 164 Å². The molecule has 1 N–H and O–H groups in total. The molecule has 8 nitrogen and oxygen atoms in total. The highest BCUT2D eigenvalue weighted by molar-refractivity contribution is 7.91. The second-order valence-electron chi connectivity index (χ2n) is 6.47. The van der Waals surface area contributed by atoms with E-state index in [1.807, 2.05) is 0 Å². The van der Waals surface area contributed by atoms with Gasteiger partial charge in [0.05, 0.1) is 30.7 Å². The summed E-state index contributed by atoms with van der Waals surface area (Å²) in [6, 6.07) is 6.15. The topological polar surface area (TPSA) is 110 Å². The molecule has 1 atom stereocenters. The Morgan fingerprint density at radius 1 is 1.25 bits per heavy atom. The van der Waals surface area contributed by atoms with Crippen molar-refractivity contribution in [3.8, 4) is 0 Å². The van der Waals surface area contributed by atoms with E-state index in [-0.39, 0.29) is 29.9 Å². The zero-order valence-electron chi connectivity index (χ0n) is 15.9. The molecule has 1 fully saturated rings. The van der Waals surface area contributed by atoms with Crippen LogP contribution in [0.4, 0.5) is 0 Å². The van der Waals surface area contributed by atoms with Crippen molar-refractivity contribution < 1.29 is 27.5 Å². The summed E-state index contributed by atoms with van der Waals surface area (Å²) in [5.74, 6) is -1.14. The number of sulfone groups is 1. The van der Waals surface area contributed by atoms with Crippen LogP contribution in [-0.2, 0) is 24.2 Å². The number of hydrogen-bond donors (Lipinski definition) is 1. The first-order valence-electron chi connectivity index (χ1n) is 8.89. The summed E-state index contributed by atoms with van der Waals surface area (Å²) < 4.78 is 27.5. The first-order chi connectivity index (χ1) is 13.2. The molecule has 1 heterocycles. The average Bonchev–Trinajstić information content (AvgIpc) is 3.02. The fourth-order valence-corrected chi connectivity index (χ4v) is 4.50. The van der Waals surface area contributed by atoms with Gasteiger partial charge in [0.15, 0.2) is 9.84 Å². The molecule has 2 amide bonds. The number of amides is 2. The Hall–Kier alpha value is -2.68. The average molecular weight is 408 g/mol. The fourth-order valence-electron chi connectivity index (χ4n) is 2.82. The smallest absolute Gasteiger partial charge is 0.337 e. The van der Waals surface area contributed by atoms with E-state index in [0.717, 1.165) is 5.56 Å². The molecule has 0 spiro atoms. The Kier molecular flexibility index (Phi) is 7.33. The molecular formula is C19H24N2O6S. The lowest BCUT2D eigenvalue weighted by atomic mass is 10.1. The van der Waals surface area contributed by atoms with Gasteiger partial charge >= 0.3 is 5.97 Å². The van der Waals surface area contributed by atoms with Gasteiger partial charge in [-0.3, -0.25) is 9.59 Å². The number of esters is 1. The molecule has 1 aromatic carbocycles. The van der Waals surface area contributed by atoms with E-state index in [2.05, 4.69) is 10.1 Å². The number of methoxy groups -OCH3 is 1. The van der Waals surface area contributed by atoms with Crippen LogP contribution in [0.5, 0.6) is 0 Å². The lowest BCUT2D eigenvalue weighted by molar-refractivity contribution is -0.132. The molecule has 0 radical (unpaired) electrons. The van der Waals surface area contributed by atoms with E-state index in [0.29, 0.717) is 18.5 Å². The number of benzene rings is 1. The summed E-state index contributed by atoms with van der Waals surface area (Å²) in [6.45, 7) is 1.95. The van der Waals surface area contributed by atoms with Gasteiger partial charge < -0.3 is 15.0 Å². The molecule has 0 saturated carbocycles. The summed E-state index contributed by atoms with van der Waals surface area (Å²) in [6.07, 6.45) is 3.34. The van der Waals surface area contributed by atoms with Gasteiger partial charge in [-0.05, 0) is 37.1 Å². The highest BCUT2D eigenvalue weighted by Gasteiger charge is 2.29. The minimum absolute atomic E-state index is 0.0553. The predicted molar refractivity (Wildman–Crippen MR) is 104 cm³/mol. The molecule has 28 heavy (non-hydrogen) atoms. The van der Waals surface area contributed by atoms with Gasteiger partial charge in [0.1, 0.15) is 0 Å². The van der Waals surface area contributed by atoms with Crippen LogP contribution < -0.4 is 5.32 Å². The summed E-state index contributed by atoms with van der Waals surface area (Å²) in [5.41, 5.74) is 1.13. The van der Waals surface area contributed by atoms with E-state index < -0.39 is 21.8 Å². The number of carbonyl (C=O) groups is 3. The molecule has 9 heteroatoms. The van der Waals surface area contributed by atoms with E-state index >= 15 is 0 Å². The Morgan fingerprint density at radius 3 is 2.46 bits per heavy atom. The second kappa shape index (κ2) is 9.50. The maximum atomic E-state index is 12.3. The maximum Gasteiger partial charge on any atom is 0.337 e. The van der Waals surface area contributed by atoms with Crippen molar-refractivity contribution in [2.45, 2.75) is 19.4 Å². The van der Waals surface area contributed by atoms with Gasteiger partial charge in [0.25, 0.3) is 0 Å². The van der Waals surface area contributed by atoms with Gasteiger partial charge in [-0.25, -0.2) is 13.2 Å². The van der Waals surface area contributed by atoms with Gasteiger partial charge in [0.2, 0.25) is 11.8 Å². The van der Waals surface area contributed by atoms with E-state index in [1.165, 1.54) is 18.1 Å². The number of nitrogens with one attached hydrogen (secondary N) is 1. The molecule has 2 rings (SSSR count). The SMILES string of the molecule is CCN(CC(=O)N[C@H]1CCS(=O)(=O)C1)C(=O)/C=C/c1ccc(C(=O)OC)cc1. The zero-order valence-corrected chi connectivity index (χ0v) is 16.7. The van der Waals surface area contributed by atoms with Gasteiger partial charge in [0, 0.05) is 18.7 Å². The third kappa shape index (κ3) is 6.19. The van der Waals surface area contributed by atoms with Crippen molar-refractivity contribution in [1.82, 2.24) is 10.2 Å². The predicted octanol–water partition coefficient (Wildman–Crippen LogP) is 0.638. The number of likely N-dealkylation sites (N-methyl/N-ethyl adjacent to an activating group) is 1. The van der Waals surface area contributed by atoms with Crippen LogP contribution in [-0.4, -0.2) is 68.8 Å². The van der Waals surface area contributed by atoms with Crippen molar-refractivity contribution in [2.75, 3.05) is 31.7 Å². The lowest BCUT2D eigenvalue weighted by Crippen LogP contribution is -2.44. The molecule has 1 saturated heterocycles. The fraction of sp³-hybridized carbons (Fsp3) is 0.421. The zero-order chi connectivity index (χ0) is 20.7. The first-order valence-corrected chi connectivity index (χ1v) is 10.7. The minimum atomic E-state index is -3.08. The monoisotopic (exact) mass is 408 g/mol. The van der Waals surface area contributed by atoms with Crippen LogP contribution in [0.1, 0.15) is 29.3 Å². The summed E-state index contributed by atoms with van der Waals surface area (Å²) in [7, 11) is -1.77. The van der Waals surface area contributed by atoms with Crippen LogP contribution in [0.25, 0.3) is 6.08 Å². The summed E-state index contributed by atoms with van der Waals surface area (Å²) >= 11 is 0. The van der Waals surface area contributed by atoms with Crippen LogP contribution in [0.2, 0.25) is 0 Å². The van der Waals surface area contributed by atoms with Gasteiger partial charge in [-0.1, -0.05) is 12.1 Å². The molecule has 1 aromatic rings. The van der Waals surface area contributed by atoms with Crippen molar-refractivity contribution >= 4 is 33.7 Å². The van der Waals surface area contributed by atoms with Crippen molar-refractivity contribution in [3.63, 3.8) is 0 Å². The molecule has 0 bridgehead atoms.